The van der Waals surface area contributed by atoms with E-state index in [1.807, 2.05) is 38.1 Å². The molecule has 0 radical (unpaired) electrons. The van der Waals surface area contributed by atoms with Crippen LogP contribution >= 0.6 is 24.0 Å². The molecule has 28 heavy (non-hydrogen) atoms. The molecule has 0 heterocycles. The van der Waals surface area contributed by atoms with E-state index in [2.05, 4.69) is 46.8 Å². The van der Waals surface area contributed by atoms with Gasteiger partial charge in [-0.1, -0.05) is 42.5 Å². The number of guanidine groups is 1. The first-order valence-corrected chi connectivity index (χ1v) is 9.45. The summed E-state index contributed by atoms with van der Waals surface area (Å²) in [4.78, 5) is 4.68. The van der Waals surface area contributed by atoms with E-state index < -0.39 is 0 Å². The zero-order valence-corrected chi connectivity index (χ0v) is 19.5. The van der Waals surface area contributed by atoms with Gasteiger partial charge in [-0.2, -0.15) is 0 Å². The minimum Gasteiger partial charge on any atom is -0.496 e. The number of aliphatic imine (C=N–C) groups is 1. The molecule has 0 atom stereocenters. The van der Waals surface area contributed by atoms with E-state index in [-0.39, 0.29) is 30.1 Å². The number of hydrogen-bond acceptors (Lipinski definition) is 3. The van der Waals surface area contributed by atoms with Crippen LogP contribution in [-0.4, -0.2) is 25.7 Å². The summed E-state index contributed by atoms with van der Waals surface area (Å²) in [5.74, 6) is 1.66. The van der Waals surface area contributed by atoms with Crippen molar-refractivity contribution >= 4 is 29.9 Å². The van der Waals surface area contributed by atoms with E-state index in [9.17, 15) is 0 Å². The molecule has 0 saturated heterocycles. The van der Waals surface area contributed by atoms with E-state index in [4.69, 9.17) is 9.47 Å². The van der Waals surface area contributed by atoms with Crippen LogP contribution in [0.1, 0.15) is 37.5 Å². The Kier molecular flexibility index (Phi) is 11.6. The fourth-order valence-electron chi connectivity index (χ4n) is 2.54. The van der Waals surface area contributed by atoms with Crippen LogP contribution in [-0.2, 0) is 24.4 Å². The van der Waals surface area contributed by atoms with Crippen LogP contribution in [0.5, 0.6) is 5.75 Å². The van der Waals surface area contributed by atoms with Gasteiger partial charge in [0.2, 0.25) is 0 Å². The highest BCUT2D eigenvalue weighted by molar-refractivity contribution is 14.0. The molecule has 5 nitrogen and oxygen atoms in total. The number of nitrogens with zero attached hydrogens (tertiary/aromatic N) is 1. The van der Waals surface area contributed by atoms with Gasteiger partial charge in [-0.05, 0) is 38.0 Å². The van der Waals surface area contributed by atoms with E-state index in [1.54, 1.807) is 7.11 Å². The fraction of sp³-hybridized carbons (Fsp3) is 0.409. The first kappa shape index (κ1) is 24.2. The number of hydrogen-bond donors (Lipinski definition) is 2. The van der Waals surface area contributed by atoms with Crippen molar-refractivity contribution in [3.63, 3.8) is 0 Å². The summed E-state index contributed by atoms with van der Waals surface area (Å²) in [6, 6.07) is 16.4. The second-order valence-electron chi connectivity index (χ2n) is 6.54. The number of methoxy groups -OCH3 is 1. The SMILES string of the molecule is CCNC(=NCc1ccc(COC(C)C)cc1)NCc1ccccc1OC.I. The van der Waals surface area contributed by atoms with Gasteiger partial charge in [0.25, 0.3) is 0 Å². The summed E-state index contributed by atoms with van der Waals surface area (Å²) in [6.45, 7) is 8.87. The molecular formula is C22H32IN3O2. The minimum absolute atomic E-state index is 0. The molecule has 154 valence electrons. The first-order valence-electron chi connectivity index (χ1n) is 9.45. The molecule has 0 saturated carbocycles. The van der Waals surface area contributed by atoms with Gasteiger partial charge in [-0.3, -0.25) is 0 Å². The smallest absolute Gasteiger partial charge is 0.191 e. The van der Waals surface area contributed by atoms with Crippen LogP contribution in [0, 0.1) is 0 Å². The van der Waals surface area contributed by atoms with Crippen molar-refractivity contribution in [2.45, 2.75) is 46.6 Å². The Morgan fingerprint density at radius 2 is 1.68 bits per heavy atom. The number of para-hydroxylation sites is 1. The molecule has 2 aromatic carbocycles. The van der Waals surface area contributed by atoms with Gasteiger partial charge in [-0.15, -0.1) is 24.0 Å². The molecule has 0 aliphatic rings. The standard InChI is InChI=1S/C22H31N3O2.HI/c1-5-23-22(25-15-20-8-6-7-9-21(20)26-4)24-14-18-10-12-19(13-11-18)16-27-17(2)3;/h6-13,17H,5,14-16H2,1-4H3,(H2,23,24,25);1H. The third kappa shape index (κ3) is 8.48. The van der Waals surface area contributed by atoms with Crippen LogP contribution < -0.4 is 15.4 Å². The van der Waals surface area contributed by atoms with Crippen LogP contribution in [0.2, 0.25) is 0 Å². The molecule has 2 rings (SSSR count). The monoisotopic (exact) mass is 497 g/mol. The maximum atomic E-state index is 5.63. The van der Waals surface area contributed by atoms with E-state index in [0.29, 0.717) is 19.7 Å². The van der Waals surface area contributed by atoms with Gasteiger partial charge >= 0.3 is 0 Å². The largest absolute Gasteiger partial charge is 0.496 e. The molecular weight excluding hydrogens is 465 g/mol. The lowest BCUT2D eigenvalue weighted by Crippen LogP contribution is -2.36. The van der Waals surface area contributed by atoms with E-state index >= 15 is 0 Å². The lowest BCUT2D eigenvalue weighted by molar-refractivity contribution is 0.0657. The second-order valence-corrected chi connectivity index (χ2v) is 6.54. The fourth-order valence-corrected chi connectivity index (χ4v) is 2.54. The van der Waals surface area contributed by atoms with Crippen LogP contribution in [0.3, 0.4) is 0 Å². The van der Waals surface area contributed by atoms with Gasteiger partial charge in [0, 0.05) is 18.7 Å². The molecule has 2 N–H and O–H groups in total. The maximum absolute atomic E-state index is 5.63. The quantitative estimate of drug-likeness (QED) is 0.305. The Morgan fingerprint density at radius 3 is 2.32 bits per heavy atom. The maximum Gasteiger partial charge on any atom is 0.191 e. The Balaban J connectivity index is 0.00000392. The molecule has 2 aromatic rings. The molecule has 0 aliphatic heterocycles. The Labute approximate surface area is 186 Å². The van der Waals surface area contributed by atoms with Crippen molar-refractivity contribution < 1.29 is 9.47 Å². The highest BCUT2D eigenvalue weighted by Gasteiger charge is 2.04. The molecule has 0 aromatic heterocycles. The molecule has 0 amide bonds. The van der Waals surface area contributed by atoms with E-state index in [0.717, 1.165) is 29.4 Å². The summed E-state index contributed by atoms with van der Waals surface area (Å²) in [5, 5.41) is 6.65. The third-order valence-electron chi connectivity index (χ3n) is 4.01. The number of benzene rings is 2. The average molecular weight is 497 g/mol. The predicted molar refractivity (Wildman–Crippen MR) is 126 cm³/mol. The van der Waals surface area contributed by atoms with Crippen LogP contribution in [0.25, 0.3) is 0 Å². The normalized spacial score (nSPS) is 11.1. The van der Waals surface area contributed by atoms with Crippen molar-refractivity contribution in [2.24, 2.45) is 4.99 Å². The summed E-state index contributed by atoms with van der Waals surface area (Å²) in [7, 11) is 1.69. The Morgan fingerprint density at radius 1 is 1.00 bits per heavy atom. The van der Waals surface area contributed by atoms with Crippen molar-refractivity contribution in [3.8, 4) is 5.75 Å². The number of rotatable bonds is 9. The first-order chi connectivity index (χ1) is 13.1. The minimum atomic E-state index is 0. The molecule has 0 fully saturated rings. The predicted octanol–water partition coefficient (Wildman–Crippen LogP) is 4.49. The topological polar surface area (TPSA) is 54.9 Å². The highest BCUT2D eigenvalue weighted by Crippen LogP contribution is 2.16. The molecule has 0 bridgehead atoms. The third-order valence-corrected chi connectivity index (χ3v) is 4.01. The van der Waals surface area contributed by atoms with Gasteiger partial charge in [0.05, 0.1) is 26.4 Å². The van der Waals surface area contributed by atoms with Crippen LogP contribution in [0.15, 0.2) is 53.5 Å². The highest BCUT2D eigenvalue weighted by atomic mass is 127. The average Bonchev–Trinajstić information content (AvgIpc) is 2.69. The summed E-state index contributed by atoms with van der Waals surface area (Å²) >= 11 is 0. The summed E-state index contributed by atoms with van der Waals surface area (Å²) in [6.07, 6.45) is 0.242. The number of nitrogens with one attached hydrogen (secondary N) is 2. The van der Waals surface area contributed by atoms with Gasteiger partial charge in [0.15, 0.2) is 5.96 Å². The summed E-state index contributed by atoms with van der Waals surface area (Å²) < 4.78 is 11.0. The molecule has 0 spiro atoms. The summed E-state index contributed by atoms with van der Waals surface area (Å²) in [5.41, 5.74) is 3.44. The lowest BCUT2D eigenvalue weighted by atomic mass is 10.1. The zero-order valence-electron chi connectivity index (χ0n) is 17.2. The molecule has 0 aliphatic carbocycles. The van der Waals surface area contributed by atoms with Crippen molar-refractivity contribution in [2.75, 3.05) is 13.7 Å². The zero-order chi connectivity index (χ0) is 19.5. The Bertz CT molecular complexity index is 718. The van der Waals surface area contributed by atoms with Gasteiger partial charge < -0.3 is 20.1 Å². The van der Waals surface area contributed by atoms with Crippen molar-refractivity contribution in [1.29, 1.82) is 0 Å². The van der Waals surface area contributed by atoms with Crippen molar-refractivity contribution in [1.82, 2.24) is 10.6 Å². The number of ether oxygens (including phenoxy) is 2. The second kappa shape index (κ2) is 13.4. The van der Waals surface area contributed by atoms with Crippen LogP contribution in [0.4, 0.5) is 0 Å². The molecule has 6 heteroatoms. The Hall–Kier alpha value is -1.80. The lowest BCUT2D eigenvalue weighted by Gasteiger charge is -2.13. The number of halogens is 1. The van der Waals surface area contributed by atoms with E-state index in [1.165, 1.54) is 5.56 Å². The molecule has 0 unspecified atom stereocenters. The van der Waals surface area contributed by atoms with Crippen molar-refractivity contribution in [3.05, 3.63) is 65.2 Å². The van der Waals surface area contributed by atoms with Gasteiger partial charge in [-0.25, -0.2) is 4.99 Å². The van der Waals surface area contributed by atoms with Gasteiger partial charge in [0.1, 0.15) is 5.75 Å².